The molecule has 0 bridgehead atoms. The second-order valence-electron chi connectivity index (χ2n) is 0. The van der Waals surface area contributed by atoms with Crippen LogP contribution in [0.2, 0.25) is 0 Å². The van der Waals surface area contributed by atoms with E-state index < -0.39 is 0 Å². The van der Waals surface area contributed by atoms with Crippen molar-refractivity contribution < 1.29 is 92.1 Å². The minimum atomic E-state index is 0. The van der Waals surface area contributed by atoms with Gasteiger partial charge in [0.05, 0.1) is 0 Å². The van der Waals surface area contributed by atoms with Gasteiger partial charge in [0.1, 0.15) is 0 Å². The summed E-state index contributed by atoms with van der Waals surface area (Å²) < 4.78 is 0. The Hall–Kier alpha value is 3.36. The molecular weight excluding hydrogens is 102 g/mol. The summed E-state index contributed by atoms with van der Waals surface area (Å²) in [7, 11) is 0. The monoisotopic (exact) mass is 108 g/mol. The number of rotatable bonds is 0. The van der Waals surface area contributed by atoms with Gasteiger partial charge in [0.15, 0.2) is 0 Å². The molecule has 0 atom stereocenters. The molecule has 0 fully saturated rings. The maximum absolute atomic E-state index is 0. The van der Waals surface area contributed by atoms with Gasteiger partial charge in [0, 0.05) is 0 Å². The van der Waals surface area contributed by atoms with Gasteiger partial charge in [-0.25, -0.2) is 0 Å². The Morgan fingerprint density at radius 3 is 1.25 bits per heavy atom. The maximum atomic E-state index is 0. The Morgan fingerprint density at radius 2 is 1.25 bits per heavy atom. The van der Waals surface area contributed by atoms with Gasteiger partial charge in [-0.15, -0.1) is 0 Å². The first kappa shape index (κ1) is 26.4. The Balaban J connectivity index is 0. The molecule has 0 rings (SSSR count). The Bertz CT molecular complexity index is 16.0. The zero-order chi connectivity index (χ0) is 0. The van der Waals surface area contributed by atoms with Crippen LogP contribution in [0.4, 0.5) is 0 Å². The molecule has 16 valence electrons. The zero-order valence-electron chi connectivity index (χ0n) is 7.21. The van der Waals surface area contributed by atoms with Crippen LogP contribution in [0.15, 0.2) is 0 Å². The van der Waals surface area contributed by atoms with Crippen LogP contribution in [0.1, 0.15) is 5.71 Å². The van der Waals surface area contributed by atoms with Crippen LogP contribution in [0.3, 0.4) is 0 Å². The van der Waals surface area contributed by atoms with Crippen LogP contribution in [-0.4, -0.2) is 28.5 Å². The summed E-state index contributed by atoms with van der Waals surface area (Å²) in [6, 6.07) is 0. The van der Waals surface area contributed by atoms with Crippen molar-refractivity contribution in [3.05, 3.63) is 0 Å². The number of hydrogen-bond donors (Lipinski definition) is 0. The first-order valence-corrected chi connectivity index (χ1v) is 0. The van der Waals surface area contributed by atoms with Crippen molar-refractivity contribution in [2.45, 2.75) is 0 Å². The van der Waals surface area contributed by atoms with E-state index in [-0.39, 0.29) is 115 Å². The normalized spacial score (nSPS) is 0. The van der Waals surface area contributed by atoms with E-state index in [1.807, 2.05) is 0 Å². The second-order valence-corrected chi connectivity index (χ2v) is 0. The molecule has 0 saturated heterocycles. The molecule has 0 aromatic rings. The van der Waals surface area contributed by atoms with E-state index in [2.05, 4.69) is 0 Å². The van der Waals surface area contributed by atoms with Crippen LogP contribution < -0.4 is 80.9 Å². The van der Waals surface area contributed by atoms with Gasteiger partial charge >= 0.3 is 104 Å². The van der Waals surface area contributed by atoms with Gasteiger partial charge in [-0.1, -0.05) is 0 Å². The van der Waals surface area contributed by atoms with Crippen LogP contribution in [0, 0.1) is 0 Å². The molecule has 0 heterocycles. The van der Waals surface area contributed by atoms with Crippen LogP contribution in [-0.2, 0) is 0 Å². The summed E-state index contributed by atoms with van der Waals surface area (Å²) in [5, 5.41) is 0. The van der Waals surface area contributed by atoms with Gasteiger partial charge in [0.2, 0.25) is 0 Å². The van der Waals surface area contributed by atoms with Gasteiger partial charge < -0.3 is 11.2 Å². The first-order valence-electron chi connectivity index (χ1n) is 0. The van der Waals surface area contributed by atoms with E-state index in [4.69, 9.17) is 0 Å². The second kappa shape index (κ2) is 16.2. The van der Waals surface area contributed by atoms with E-state index in [0.29, 0.717) is 0 Å². The van der Waals surface area contributed by atoms with E-state index in [0.717, 1.165) is 0 Å². The molecule has 0 unspecified atom stereocenters. The fourth-order valence-corrected chi connectivity index (χ4v) is 0. The van der Waals surface area contributed by atoms with Gasteiger partial charge in [-0.2, -0.15) is 0 Å². The molecule has 0 amide bonds. The fraction of sp³-hybridized carbons (Fsp3) is 0. The Kier molecular flexibility index (Phi) is 107. The van der Waals surface area contributed by atoms with Gasteiger partial charge in [0.25, 0.3) is 0 Å². The van der Waals surface area contributed by atoms with Crippen LogP contribution in [0.5, 0.6) is 0 Å². The van der Waals surface area contributed by atoms with Gasteiger partial charge in [-0.3, -0.25) is 0 Å². The minimum Gasteiger partial charge on any atom is -1.00 e. The van der Waals surface area contributed by atoms with Crippen LogP contribution in [0.25, 0.3) is 0 Å². The average molecular weight is 108 g/mol. The number of hydrogen-bond acceptors (Lipinski definition) is 0. The summed E-state index contributed by atoms with van der Waals surface area (Å²) in [5.74, 6) is 0. The summed E-state index contributed by atoms with van der Waals surface area (Å²) >= 11 is 0. The summed E-state index contributed by atoms with van der Waals surface area (Å²) in [6.07, 6.45) is 0. The van der Waals surface area contributed by atoms with Crippen molar-refractivity contribution in [3.63, 3.8) is 0 Å². The Labute approximate surface area is 112 Å². The van der Waals surface area contributed by atoms with E-state index in [1.54, 1.807) is 0 Å². The molecule has 0 aliphatic carbocycles. The molecule has 1 nitrogen and oxygen atoms in total. The fourth-order valence-electron chi connectivity index (χ4n) is 0. The smallest absolute Gasteiger partial charge is 1.00 e. The predicted octanol–water partition coefficient (Wildman–Crippen LogP) is -6.75. The third-order valence-electron chi connectivity index (χ3n) is 0. The van der Waals surface area contributed by atoms with E-state index in [9.17, 15) is 0 Å². The first-order chi connectivity index (χ1) is 0. The van der Waals surface area contributed by atoms with Crippen molar-refractivity contribution in [1.82, 2.24) is 0 Å². The summed E-state index contributed by atoms with van der Waals surface area (Å²) in [6.45, 7) is 0. The maximum Gasteiger partial charge on any atom is 2.00 e. The molecule has 4 heavy (non-hydrogen) atoms. The molecule has 0 saturated carbocycles. The van der Waals surface area contributed by atoms with Crippen molar-refractivity contribution in [2.75, 3.05) is 0 Å². The van der Waals surface area contributed by atoms with Crippen LogP contribution >= 0.6 is 0 Å². The largest absolute Gasteiger partial charge is 2.00 e. The average Bonchev–Trinajstić information content (AvgIpc) is 0. The molecule has 0 aliphatic rings. The molecule has 0 aromatic carbocycles. The molecule has 2 N–H and O–H groups in total. The molecule has 0 spiro atoms. The molecule has 4 heteroatoms. The summed E-state index contributed by atoms with van der Waals surface area (Å²) in [4.78, 5) is 0. The molecular formula is H6KMgNaO. The third-order valence-corrected chi connectivity index (χ3v) is 0. The molecule has 0 aliphatic heterocycles. The van der Waals surface area contributed by atoms with E-state index in [1.165, 1.54) is 0 Å². The third kappa shape index (κ3) is 9.03. The predicted molar refractivity (Wildman–Crippen MR) is 13.8 cm³/mol. The van der Waals surface area contributed by atoms with Crippen molar-refractivity contribution in [3.8, 4) is 0 Å². The van der Waals surface area contributed by atoms with Crippen molar-refractivity contribution in [2.24, 2.45) is 0 Å². The molecule has 0 radical (unpaired) electrons. The Morgan fingerprint density at radius 1 is 1.25 bits per heavy atom. The van der Waals surface area contributed by atoms with Crippen molar-refractivity contribution in [1.29, 1.82) is 0 Å². The molecule has 0 aromatic heterocycles. The van der Waals surface area contributed by atoms with Crippen molar-refractivity contribution >= 4 is 23.1 Å². The summed E-state index contributed by atoms with van der Waals surface area (Å²) in [5.41, 5.74) is 0. The zero-order valence-corrected chi connectivity index (χ0v) is 9.74. The minimum absolute atomic E-state index is 0. The quantitative estimate of drug-likeness (QED) is 0.276. The topological polar surface area (TPSA) is 31.5 Å². The van der Waals surface area contributed by atoms with E-state index >= 15 is 0 Å². The SMILES string of the molecule is O.[H-].[H-].[H-].[H-].[K+].[Mg+2].[Na+]. The van der Waals surface area contributed by atoms with Gasteiger partial charge in [-0.05, 0) is 0 Å². The standard InChI is InChI=1S/K.Mg.Na.H2O.4H/h;;;1H2;;;;/q+1;+2;+1;;4*-1.